The molecule has 0 aliphatic rings. The van der Waals surface area contributed by atoms with Crippen molar-refractivity contribution in [2.45, 2.75) is 52.9 Å². The van der Waals surface area contributed by atoms with E-state index in [1.165, 1.54) is 0 Å². The predicted molar refractivity (Wildman–Crippen MR) is 158 cm³/mol. The van der Waals surface area contributed by atoms with Crippen molar-refractivity contribution >= 4 is 81.0 Å². The number of halogens is 1. The molecule has 2 aromatic rings. The number of esters is 5. The minimum absolute atomic E-state index is 0.0911. The molecule has 16 heteroatoms. The van der Waals surface area contributed by atoms with E-state index in [1.54, 1.807) is 36.6 Å². The van der Waals surface area contributed by atoms with E-state index in [0.29, 0.717) is 16.1 Å². The lowest BCUT2D eigenvalue weighted by Crippen LogP contribution is -2.55. The highest BCUT2D eigenvalue weighted by Crippen LogP contribution is 2.36. The molecule has 0 saturated carbocycles. The Bertz CT molecular complexity index is 1380. The molecule has 43 heavy (non-hydrogen) atoms. The average molecular weight is 657 g/mol. The number of hydrogen-bond donors (Lipinski definition) is 2. The van der Waals surface area contributed by atoms with Crippen molar-refractivity contribution in [1.29, 1.82) is 0 Å². The van der Waals surface area contributed by atoms with Crippen molar-refractivity contribution in [1.82, 2.24) is 5.32 Å². The maximum absolute atomic E-state index is 13.4. The van der Waals surface area contributed by atoms with E-state index in [1.807, 2.05) is 0 Å². The summed E-state index contributed by atoms with van der Waals surface area (Å²) in [7, 11) is 0. The van der Waals surface area contributed by atoms with Crippen LogP contribution in [0.25, 0.3) is 11.1 Å². The molecule has 0 aliphatic heterocycles. The van der Waals surface area contributed by atoms with Gasteiger partial charge in [-0.2, -0.15) is 0 Å². The van der Waals surface area contributed by atoms with Crippen molar-refractivity contribution in [3.8, 4) is 11.1 Å². The van der Waals surface area contributed by atoms with Crippen molar-refractivity contribution in [3.63, 3.8) is 0 Å². The molecule has 1 aromatic heterocycles. The highest BCUT2D eigenvalue weighted by atomic mass is 35.5. The Morgan fingerprint density at radius 3 is 2.02 bits per heavy atom. The molecule has 1 amide bonds. The summed E-state index contributed by atoms with van der Waals surface area (Å²) >= 11 is 12.4. The second kappa shape index (κ2) is 16.5. The van der Waals surface area contributed by atoms with E-state index in [4.69, 9.17) is 47.5 Å². The molecule has 3 atom stereocenters. The van der Waals surface area contributed by atoms with E-state index < -0.39 is 60.7 Å². The quantitative estimate of drug-likeness (QED) is 0.193. The second-order valence-electron chi connectivity index (χ2n) is 8.58. The van der Waals surface area contributed by atoms with Crippen LogP contribution in [0.4, 0.5) is 5.00 Å². The van der Waals surface area contributed by atoms with Crippen molar-refractivity contribution < 1.29 is 52.5 Å². The first-order valence-corrected chi connectivity index (χ1v) is 14.2. The molecule has 0 spiro atoms. The molecule has 13 nitrogen and oxygen atoms in total. The summed E-state index contributed by atoms with van der Waals surface area (Å²) in [6, 6.07) is 6.73. The molecular weight excluding hydrogens is 628 g/mol. The third-order valence-electron chi connectivity index (χ3n) is 5.18. The minimum atomic E-state index is -1.92. The summed E-state index contributed by atoms with van der Waals surface area (Å²) in [5.74, 6) is -5.26. The van der Waals surface area contributed by atoms with Gasteiger partial charge >= 0.3 is 29.8 Å². The largest absolute Gasteiger partial charge is 0.462 e. The molecule has 0 aliphatic carbocycles. The molecular formula is C27H29ClN2O11S2. The maximum atomic E-state index is 13.4. The third-order valence-corrected chi connectivity index (χ3v) is 6.53. The number of thiophene rings is 1. The fraction of sp³-hybridized carbons (Fsp3) is 0.370. The zero-order chi connectivity index (χ0) is 32.3. The van der Waals surface area contributed by atoms with Gasteiger partial charge in [0, 0.05) is 43.7 Å². The van der Waals surface area contributed by atoms with Gasteiger partial charge in [0.05, 0.1) is 6.61 Å². The summed E-state index contributed by atoms with van der Waals surface area (Å²) in [6.45, 7) is 5.21. The predicted octanol–water partition coefficient (Wildman–Crippen LogP) is 3.42. The van der Waals surface area contributed by atoms with Crippen LogP contribution in [-0.2, 0) is 47.7 Å². The third kappa shape index (κ3) is 10.9. The van der Waals surface area contributed by atoms with Crippen LogP contribution in [0.5, 0.6) is 0 Å². The second-order valence-corrected chi connectivity index (χ2v) is 10.3. The number of ether oxygens (including phenoxy) is 5. The van der Waals surface area contributed by atoms with E-state index in [-0.39, 0.29) is 22.3 Å². The van der Waals surface area contributed by atoms with Gasteiger partial charge < -0.3 is 29.0 Å². The lowest BCUT2D eigenvalue weighted by molar-refractivity contribution is -0.190. The Kier molecular flexibility index (Phi) is 13.5. The molecule has 232 valence electrons. The van der Waals surface area contributed by atoms with Crippen molar-refractivity contribution in [2.75, 3.05) is 18.5 Å². The van der Waals surface area contributed by atoms with Gasteiger partial charge in [-0.1, -0.05) is 23.7 Å². The zero-order valence-corrected chi connectivity index (χ0v) is 26.1. The topological polar surface area (TPSA) is 173 Å². The van der Waals surface area contributed by atoms with E-state index in [2.05, 4.69) is 10.6 Å². The Morgan fingerprint density at radius 2 is 1.49 bits per heavy atom. The monoisotopic (exact) mass is 656 g/mol. The summed E-state index contributed by atoms with van der Waals surface area (Å²) in [5, 5.41) is 7.15. The smallest absolute Gasteiger partial charge is 0.341 e. The Labute approximate surface area is 261 Å². The molecule has 2 rings (SSSR count). The lowest BCUT2D eigenvalue weighted by Gasteiger charge is -2.30. The van der Waals surface area contributed by atoms with E-state index in [0.717, 1.165) is 39.0 Å². The molecule has 0 radical (unpaired) electrons. The van der Waals surface area contributed by atoms with Crippen molar-refractivity contribution in [3.05, 3.63) is 40.2 Å². The van der Waals surface area contributed by atoms with Gasteiger partial charge in [-0.15, -0.1) is 11.3 Å². The normalized spacial score (nSPS) is 12.5. The molecule has 0 fully saturated rings. The minimum Gasteiger partial charge on any atom is -0.462 e. The molecule has 1 heterocycles. The number of anilines is 1. The van der Waals surface area contributed by atoms with Crippen LogP contribution >= 0.6 is 35.2 Å². The number of amides is 1. The molecule has 3 unspecified atom stereocenters. The van der Waals surface area contributed by atoms with Crippen LogP contribution in [0.3, 0.4) is 0 Å². The SMILES string of the molecule is CCOC(=O)c1c(-c2ccc(Cl)cc2)csc1NC(=S)NC(=O)C(OC(C)=O)C(OC(C)=O)C(COC(C)=O)OC(C)=O. The van der Waals surface area contributed by atoms with Gasteiger partial charge in [0.2, 0.25) is 6.10 Å². The average Bonchev–Trinajstić information content (AvgIpc) is 3.31. The number of rotatable bonds is 12. The first-order chi connectivity index (χ1) is 20.2. The van der Waals surface area contributed by atoms with E-state index >= 15 is 0 Å². The summed E-state index contributed by atoms with van der Waals surface area (Å²) in [4.78, 5) is 73.3. The van der Waals surface area contributed by atoms with Gasteiger partial charge in [0.25, 0.3) is 5.91 Å². The fourth-order valence-electron chi connectivity index (χ4n) is 3.60. The number of nitrogens with one attached hydrogen (secondary N) is 2. The van der Waals surface area contributed by atoms with Gasteiger partial charge in [0.1, 0.15) is 17.2 Å². The summed E-state index contributed by atoms with van der Waals surface area (Å²) < 4.78 is 25.6. The van der Waals surface area contributed by atoms with Crippen LogP contribution < -0.4 is 10.6 Å². The van der Waals surface area contributed by atoms with Gasteiger partial charge in [-0.05, 0) is 36.8 Å². The van der Waals surface area contributed by atoms with Gasteiger partial charge in [0.15, 0.2) is 17.3 Å². The molecule has 0 bridgehead atoms. The Balaban J connectivity index is 2.40. The highest BCUT2D eigenvalue weighted by Gasteiger charge is 2.42. The molecule has 2 N–H and O–H groups in total. The Hall–Kier alpha value is -4.08. The summed E-state index contributed by atoms with van der Waals surface area (Å²) in [5.41, 5.74) is 1.31. The van der Waals surface area contributed by atoms with Crippen LogP contribution in [0.15, 0.2) is 29.6 Å². The standard InChI is InChI=1S/C27H29ClN2O11S2/c1-6-37-26(36)21-19(17-7-9-18(28)10-8-17)12-43-25(21)30-27(42)29-24(35)23(41-16(5)34)22(40-15(4)33)20(39-14(3)32)11-38-13(2)31/h7-10,12,20,22-23H,6,11H2,1-5H3,(H2,29,30,35,42). The molecule has 0 saturated heterocycles. The van der Waals surface area contributed by atoms with E-state index in [9.17, 15) is 28.8 Å². The number of benzene rings is 1. The maximum Gasteiger partial charge on any atom is 0.341 e. The number of thiocarbonyl (C=S) groups is 1. The van der Waals surface area contributed by atoms with Crippen LogP contribution in [0, 0.1) is 0 Å². The molecule has 1 aromatic carbocycles. The highest BCUT2D eigenvalue weighted by molar-refractivity contribution is 7.80. The van der Waals surface area contributed by atoms with Crippen LogP contribution in [0.1, 0.15) is 45.0 Å². The summed E-state index contributed by atoms with van der Waals surface area (Å²) in [6.07, 6.45) is -5.21. The van der Waals surface area contributed by atoms with Crippen LogP contribution in [-0.4, -0.2) is 72.4 Å². The van der Waals surface area contributed by atoms with Crippen molar-refractivity contribution in [2.24, 2.45) is 0 Å². The first kappa shape index (κ1) is 35.1. The van der Waals surface area contributed by atoms with Gasteiger partial charge in [-0.25, -0.2) is 4.79 Å². The lowest BCUT2D eigenvalue weighted by atomic mass is 10.0. The fourth-order valence-corrected chi connectivity index (χ4v) is 4.95. The Morgan fingerprint density at radius 1 is 0.884 bits per heavy atom. The zero-order valence-electron chi connectivity index (χ0n) is 23.7. The number of carbonyl (C=O) groups excluding carboxylic acids is 6. The van der Waals surface area contributed by atoms with Gasteiger partial charge in [-0.3, -0.25) is 29.3 Å². The number of carbonyl (C=O) groups is 6. The van der Waals surface area contributed by atoms with Crippen LogP contribution in [0.2, 0.25) is 5.02 Å². The first-order valence-electron chi connectivity index (χ1n) is 12.5. The number of hydrogen-bond acceptors (Lipinski definition) is 13.